The Morgan fingerprint density at radius 2 is 2.20 bits per heavy atom. The third-order valence-corrected chi connectivity index (χ3v) is 5.01. The molecule has 2 rings (SSSR count). The van der Waals surface area contributed by atoms with Gasteiger partial charge in [0.05, 0.1) is 31.2 Å². The molecule has 2 aliphatic heterocycles. The predicted octanol–water partition coefficient (Wildman–Crippen LogP) is 0.0376. The zero-order valence-electron chi connectivity index (χ0n) is 11.4. The number of thioether (sulfide) groups is 1. The molecule has 0 aromatic rings. The Morgan fingerprint density at radius 1 is 1.45 bits per heavy atom. The van der Waals surface area contributed by atoms with Crippen LogP contribution >= 0.6 is 11.8 Å². The van der Waals surface area contributed by atoms with Crippen molar-refractivity contribution in [2.75, 3.05) is 32.1 Å². The van der Waals surface area contributed by atoms with Crippen LogP contribution in [0.25, 0.3) is 0 Å². The van der Waals surface area contributed by atoms with Crippen molar-refractivity contribution in [3.8, 4) is 0 Å². The van der Waals surface area contributed by atoms with Gasteiger partial charge in [-0.15, -0.1) is 11.8 Å². The number of aliphatic hydroxyl groups excluding tert-OH is 1. The van der Waals surface area contributed by atoms with Gasteiger partial charge in [0.15, 0.2) is 0 Å². The Hall–Kier alpha value is -0.990. The number of hydrogen-bond acceptors (Lipinski definition) is 5. The van der Waals surface area contributed by atoms with E-state index in [1.54, 1.807) is 4.90 Å². The van der Waals surface area contributed by atoms with Gasteiger partial charge < -0.3 is 19.8 Å². The van der Waals surface area contributed by atoms with E-state index in [-0.39, 0.29) is 24.1 Å². The van der Waals surface area contributed by atoms with Crippen LogP contribution in [-0.2, 0) is 9.53 Å². The predicted molar refractivity (Wildman–Crippen MR) is 73.6 cm³/mol. The lowest BCUT2D eigenvalue weighted by atomic mass is 10.2. The second kappa shape index (κ2) is 6.64. The van der Waals surface area contributed by atoms with Crippen LogP contribution in [0.1, 0.15) is 13.3 Å². The molecule has 0 aromatic heterocycles. The highest BCUT2D eigenvalue weighted by Gasteiger charge is 2.43. The second-order valence-electron chi connectivity index (χ2n) is 4.86. The van der Waals surface area contributed by atoms with Crippen molar-refractivity contribution in [1.29, 1.82) is 0 Å². The molecule has 8 heteroatoms. The maximum absolute atomic E-state index is 12.6. The number of carbonyl (C=O) groups excluding carboxylic acids is 1. The molecule has 0 bridgehead atoms. The lowest BCUT2D eigenvalue weighted by Gasteiger charge is -2.37. The van der Waals surface area contributed by atoms with Gasteiger partial charge in [0.1, 0.15) is 6.04 Å². The highest BCUT2D eigenvalue weighted by atomic mass is 32.2. The van der Waals surface area contributed by atoms with Gasteiger partial charge in [-0.1, -0.05) is 6.92 Å². The molecule has 114 valence electrons. The summed E-state index contributed by atoms with van der Waals surface area (Å²) in [6, 6.07) is -1.04. The van der Waals surface area contributed by atoms with Crippen LogP contribution < -0.4 is 0 Å². The molecular weight excluding hydrogens is 284 g/mol. The maximum atomic E-state index is 12.6. The zero-order chi connectivity index (χ0) is 14.7. The van der Waals surface area contributed by atoms with Crippen molar-refractivity contribution in [1.82, 2.24) is 9.80 Å². The van der Waals surface area contributed by atoms with Crippen molar-refractivity contribution < 1.29 is 24.5 Å². The number of carboxylic acid groups (broad SMARTS) is 1. The number of nitrogens with zero attached hydrogens (tertiary/aromatic N) is 2. The van der Waals surface area contributed by atoms with Gasteiger partial charge in [0.25, 0.3) is 0 Å². The highest BCUT2D eigenvalue weighted by molar-refractivity contribution is 8.00. The summed E-state index contributed by atoms with van der Waals surface area (Å²) < 4.78 is 5.31. The summed E-state index contributed by atoms with van der Waals surface area (Å²) in [5, 5.41) is 18.3. The number of aliphatic carboxylic acids is 1. The van der Waals surface area contributed by atoms with Crippen LogP contribution in [0.4, 0.5) is 4.79 Å². The third kappa shape index (κ3) is 3.02. The molecule has 0 aromatic carbocycles. The molecule has 2 heterocycles. The maximum Gasteiger partial charge on any atom is 0.327 e. The molecule has 2 N–H and O–H groups in total. The van der Waals surface area contributed by atoms with E-state index < -0.39 is 12.0 Å². The average molecular weight is 304 g/mol. The summed E-state index contributed by atoms with van der Waals surface area (Å²) >= 11 is 1.50. The fourth-order valence-corrected chi connectivity index (χ4v) is 3.83. The Bertz CT molecular complexity index is 381. The molecule has 2 amide bonds. The van der Waals surface area contributed by atoms with E-state index in [9.17, 15) is 14.7 Å². The van der Waals surface area contributed by atoms with E-state index in [0.29, 0.717) is 31.9 Å². The molecule has 0 radical (unpaired) electrons. The quantitative estimate of drug-likeness (QED) is 0.765. The number of ether oxygens (including phenoxy) is 1. The highest BCUT2D eigenvalue weighted by Crippen LogP contribution is 2.32. The summed E-state index contributed by atoms with van der Waals surface area (Å²) in [5.74, 6) is -0.540. The van der Waals surface area contributed by atoms with Crippen LogP contribution in [0.5, 0.6) is 0 Å². The largest absolute Gasteiger partial charge is 0.480 e. The number of rotatable bonds is 3. The first-order valence-electron chi connectivity index (χ1n) is 6.72. The molecule has 0 spiro atoms. The lowest BCUT2D eigenvalue weighted by molar-refractivity contribution is -0.141. The van der Waals surface area contributed by atoms with Gasteiger partial charge in [0.2, 0.25) is 0 Å². The molecule has 0 saturated carbocycles. The molecule has 20 heavy (non-hydrogen) atoms. The summed E-state index contributed by atoms with van der Waals surface area (Å²) in [6.45, 7) is 2.90. The smallest absolute Gasteiger partial charge is 0.327 e. The van der Waals surface area contributed by atoms with Crippen molar-refractivity contribution in [2.45, 2.75) is 30.9 Å². The van der Waals surface area contributed by atoms with Crippen LogP contribution in [0.15, 0.2) is 0 Å². The number of carbonyl (C=O) groups is 2. The lowest BCUT2D eigenvalue weighted by Crippen LogP contribution is -2.56. The zero-order valence-corrected chi connectivity index (χ0v) is 12.2. The molecule has 2 saturated heterocycles. The molecule has 3 atom stereocenters. The first kappa shape index (κ1) is 15.4. The third-order valence-electron chi connectivity index (χ3n) is 3.56. The van der Waals surface area contributed by atoms with E-state index in [1.165, 1.54) is 16.7 Å². The monoisotopic (exact) mass is 304 g/mol. The number of carboxylic acids is 1. The summed E-state index contributed by atoms with van der Waals surface area (Å²) in [7, 11) is 0. The molecule has 0 aliphatic carbocycles. The number of morpholine rings is 1. The van der Waals surface area contributed by atoms with E-state index in [0.717, 1.165) is 0 Å². The van der Waals surface area contributed by atoms with Gasteiger partial charge in [-0.25, -0.2) is 9.59 Å². The first-order chi connectivity index (χ1) is 9.58. The minimum absolute atomic E-state index is 0.0981. The van der Waals surface area contributed by atoms with Gasteiger partial charge in [-0.3, -0.25) is 4.90 Å². The number of urea groups is 1. The number of amides is 2. The normalized spacial score (nSPS) is 30.6. The topological polar surface area (TPSA) is 90.3 Å². The minimum atomic E-state index is -0.964. The Kier molecular flexibility index (Phi) is 5.11. The average Bonchev–Trinajstić information content (AvgIpc) is 2.90. The Balaban J connectivity index is 2.10. The molecule has 2 fully saturated rings. The van der Waals surface area contributed by atoms with E-state index in [2.05, 4.69) is 0 Å². The molecular formula is C12H20N2O5S. The van der Waals surface area contributed by atoms with Crippen LogP contribution in [0, 0.1) is 0 Å². The number of aliphatic hydroxyl groups is 1. The van der Waals surface area contributed by atoms with Gasteiger partial charge >= 0.3 is 12.0 Å². The Morgan fingerprint density at radius 3 is 2.80 bits per heavy atom. The Labute approximate surface area is 121 Å². The van der Waals surface area contributed by atoms with Crippen LogP contribution in [0.3, 0.4) is 0 Å². The van der Waals surface area contributed by atoms with E-state index in [1.807, 2.05) is 6.92 Å². The van der Waals surface area contributed by atoms with Crippen LogP contribution in [0.2, 0.25) is 0 Å². The summed E-state index contributed by atoms with van der Waals surface area (Å²) in [4.78, 5) is 26.9. The van der Waals surface area contributed by atoms with Gasteiger partial charge in [-0.05, 0) is 6.42 Å². The summed E-state index contributed by atoms with van der Waals surface area (Å²) in [6.07, 6.45) is 0.333. The fraction of sp³-hybridized carbons (Fsp3) is 0.833. The van der Waals surface area contributed by atoms with Crippen molar-refractivity contribution in [3.05, 3.63) is 0 Å². The fourth-order valence-electron chi connectivity index (χ4n) is 2.49. The van der Waals surface area contributed by atoms with Crippen molar-refractivity contribution in [3.63, 3.8) is 0 Å². The van der Waals surface area contributed by atoms with E-state index >= 15 is 0 Å². The molecule has 3 unspecified atom stereocenters. The van der Waals surface area contributed by atoms with Gasteiger partial charge in [0, 0.05) is 12.3 Å². The second-order valence-corrected chi connectivity index (χ2v) is 6.07. The van der Waals surface area contributed by atoms with E-state index in [4.69, 9.17) is 9.84 Å². The minimum Gasteiger partial charge on any atom is -0.480 e. The number of hydrogen-bond donors (Lipinski definition) is 2. The SMILES string of the molecule is CCC1SCC(C(=O)O)N1C(=O)N1CCOC(CO)C1. The summed E-state index contributed by atoms with van der Waals surface area (Å²) in [5.41, 5.74) is 0. The van der Waals surface area contributed by atoms with Crippen molar-refractivity contribution >= 4 is 23.8 Å². The molecule has 2 aliphatic rings. The first-order valence-corrected chi connectivity index (χ1v) is 7.77. The molecule has 7 nitrogen and oxygen atoms in total. The van der Waals surface area contributed by atoms with Crippen molar-refractivity contribution in [2.24, 2.45) is 0 Å². The van der Waals surface area contributed by atoms with Gasteiger partial charge in [-0.2, -0.15) is 0 Å². The van der Waals surface area contributed by atoms with Crippen LogP contribution in [-0.4, -0.2) is 81.6 Å². The standard InChI is InChI=1S/C12H20N2O5S/c1-2-10-14(9(7-20-10)11(16)17)12(18)13-3-4-19-8(5-13)6-15/h8-10,15H,2-7H2,1H3,(H,16,17).